The number of fused-ring (bicyclic) bond motifs is 1. The zero-order valence-corrected chi connectivity index (χ0v) is 16.4. The SMILES string of the molecule is COCC(C)n1c(C)cc(C(=O)COC(=O)c2ccc3nccnc3c2)c1C. The van der Waals surface area contributed by atoms with Gasteiger partial charge >= 0.3 is 5.97 Å². The predicted octanol–water partition coefficient (Wildman–Crippen LogP) is 3.30. The van der Waals surface area contributed by atoms with Crippen LogP contribution in [0.4, 0.5) is 0 Å². The lowest BCUT2D eigenvalue weighted by Crippen LogP contribution is -2.17. The summed E-state index contributed by atoms with van der Waals surface area (Å²) in [6.45, 7) is 6.08. The largest absolute Gasteiger partial charge is 0.454 e. The van der Waals surface area contributed by atoms with Crippen LogP contribution in [0, 0.1) is 13.8 Å². The van der Waals surface area contributed by atoms with Gasteiger partial charge in [-0.1, -0.05) is 0 Å². The molecular weight excluding hydrogens is 358 g/mol. The Kier molecular flexibility index (Phi) is 5.84. The number of hydrogen-bond acceptors (Lipinski definition) is 6. The number of Topliss-reactive ketones (excluding diaryl/α,β-unsaturated/α-hetero) is 1. The number of esters is 1. The molecule has 146 valence electrons. The maximum absolute atomic E-state index is 12.6. The molecule has 0 radical (unpaired) electrons. The van der Waals surface area contributed by atoms with Crippen molar-refractivity contribution < 1.29 is 19.1 Å². The average Bonchev–Trinajstić information content (AvgIpc) is 2.99. The van der Waals surface area contributed by atoms with Crippen LogP contribution in [0.3, 0.4) is 0 Å². The van der Waals surface area contributed by atoms with E-state index in [1.165, 1.54) is 0 Å². The van der Waals surface area contributed by atoms with Gasteiger partial charge in [-0.3, -0.25) is 14.8 Å². The van der Waals surface area contributed by atoms with E-state index in [4.69, 9.17) is 9.47 Å². The van der Waals surface area contributed by atoms with Crippen LogP contribution < -0.4 is 0 Å². The molecular formula is C21H23N3O4. The van der Waals surface area contributed by atoms with Crippen molar-refractivity contribution in [1.82, 2.24) is 14.5 Å². The number of aromatic nitrogens is 3. The quantitative estimate of drug-likeness (QED) is 0.461. The first-order chi connectivity index (χ1) is 13.4. The molecule has 0 aliphatic heterocycles. The van der Waals surface area contributed by atoms with Gasteiger partial charge in [0.25, 0.3) is 0 Å². The average molecular weight is 381 g/mol. The van der Waals surface area contributed by atoms with Crippen molar-refractivity contribution in [3.05, 3.63) is 59.2 Å². The van der Waals surface area contributed by atoms with Gasteiger partial charge < -0.3 is 14.0 Å². The van der Waals surface area contributed by atoms with E-state index in [9.17, 15) is 9.59 Å². The van der Waals surface area contributed by atoms with Gasteiger partial charge in [0.2, 0.25) is 5.78 Å². The molecule has 0 spiro atoms. The summed E-state index contributed by atoms with van der Waals surface area (Å²) in [6.07, 6.45) is 3.14. The van der Waals surface area contributed by atoms with Gasteiger partial charge in [-0.2, -0.15) is 0 Å². The highest BCUT2D eigenvalue weighted by molar-refractivity contribution is 6.01. The number of nitrogens with zero attached hydrogens (tertiary/aromatic N) is 3. The number of hydrogen-bond donors (Lipinski definition) is 0. The first kappa shape index (κ1) is 19.7. The standard InChI is InChI=1S/C21H23N3O4/c1-13-9-17(15(3)24(13)14(2)11-27-4)20(25)12-28-21(26)16-5-6-18-19(10-16)23-8-7-22-18/h5-10,14H,11-12H2,1-4H3. The van der Waals surface area contributed by atoms with E-state index in [0.29, 0.717) is 28.8 Å². The van der Waals surface area contributed by atoms with E-state index < -0.39 is 5.97 Å². The van der Waals surface area contributed by atoms with E-state index in [0.717, 1.165) is 11.4 Å². The fraction of sp³-hybridized carbons (Fsp3) is 0.333. The molecule has 0 aliphatic rings. The van der Waals surface area contributed by atoms with Crippen LogP contribution in [-0.4, -0.2) is 46.6 Å². The summed E-state index contributed by atoms with van der Waals surface area (Å²) in [6, 6.07) is 6.84. The van der Waals surface area contributed by atoms with E-state index >= 15 is 0 Å². The van der Waals surface area contributed by atoms with Gasteiger partial charge in [-0.25, -0.2) is 4.79 Å². The minimum Gasteiger partial charge on any atom is -0.454 e. The molecule has 3 aromatic rings. The van der Waals surface area contributed by atoms with Gasteiger partial charge in [-0.05, 0) is 45.0 Å². The molecule has 0 amide bonds. The van der Waals surface area contributed by atoms with Gasteiger partial charge in [0.15, 0.2) is 6.61 Å². The maximum atomic E-state index is 12.6. The molecule has 28 heavy (non-hydrogen) atoms. The second-order valence-corrected chi connectivity index (χ2v) is 6.72. The van der Waals surface area contributed by atoms with Gasteiger partial charge in [-0.15, -0.1) is 0 Å². The summed E-state index contributed by atoms with van der Waals surface area (Å²) in [5.41, 5.74) is 3.97. The van der Waals surface area contributed by atoms with Crippen molar-refractivity contribution in [1.29, 1.82) is 0 Å². The van der Waals surface area contributed by atoms with E-state index in [1.54, 1.807) is 37.7 Å². The second kappa shape index (κ2) is 8.31. The number of carbonyl (C=O) groups excluding carboxylic acids is 2. The Balaban J connectivity index is 1.71. The lowest BCUT2D eigenvalue weighted by atomic mass is 10.1. The van der Waals surface area contributed by atoms with Crippen LogP contribution in [0.2, 0.25) is 0 Å². The summed E-state index contributed by atoms with van der Waals surface area (Å²) in [4.78, 5) is 33.3. The normalized spacial score (nSPS) is 12.1. The number of ketones is 1. The molecule has 0 bridgehead atoms. The third-order valence-electron chi connectivity index (χ3n) is 4.67. The number of carbonyl (C=O) groups is 2. The highest BCUT2D eigenvalue weighted by atomic mass is 16.5. The highest BCUT2D eigenvalue weighted by Crippen LogP contribution is 2.21. The Hall–Kier alpha value is -3.06. The molecule has 7 nitrogen and oxygen atoms in total. The molecule has 3 rings (SSSR count). The third kappa shape index (κ3) is 3.94. The van der Waals surface area contributed by atoms with Crippen molar-refractivity contribution in [2.24, 2.45) is 0 Å². The van der Waals surface area contributed by atoms with Crippen molar-refractivity contribution in [2.75, 3.05) is 20.3 Å². The molecule has 0 fully saturated rings. The first-order valence-corrected chi connectivity index (χ1v) is 9.00. The second-order valence-electron chi connectivity index (χ2n) is 6.72. The zero-order valence-electron chi connectivity index (χ0n) is 16.4. The topological polar surface area (TPSA) is 83.3 Å². The van der Waals surface area contributed by atoms with Gasteiger partial charge in [0, 0.05) is 36.5 Å². The first-order valence-electron chi connectivity index (χ1n) is 9.00. The Morgan fingerprint density at radius 1 is 1.11 bits per heavy atom. The molecule has 0 aliphatic carbocycles. The van der Waals surface area contributed by atoms with Gasteiger partial charge in [0.05, 0.1) is 29.2 Å². The number of ether oxygens (including phenoxy) is 2. The molecule has 1 aromatic carbocycles. The monoisotopic (exact) mass is 381 g/mol. The highest BCUT2D eigenvalue weighted by Gasteiger charge is 2.20. The van der Waals surface area contributed by atoms with Crippen molar-refractivity contribution in [2.45, 2.75) is 26.8 Å². The molecule has 0 saturated heterocycles. The van der Waals surface area contributed by atoms with E-state index in [2.05, 4.69) is 14.5 Å². The van der Waals surface area contributed by atoms with E-state index in [1.807, 2.05) is 26.8 Å². The number of rotatable bonds is 7. The fourth-order valence-corrected chi connectivity index (χ4v) is 3.44. The molecule has 0 saturated carbocycles. The minimum atomic E-state index is -0.567. The van der Waals surface area contributed by atoms with Crippen LogP contribution in [0.1, 0.15) is 45.1 Å². The predicted molar refractivity (Wildman–Crippen MR) is 105 cm³/mol. The summed E-state index contributed by atoms with van der Waals surface area (Å²) < 4.78 is 12.5. The summed E-state index contributed by atoms with van der Waals surface area (Å²) in [5, 5.41) is 0. The maximum Gasteiger partial charge on any atom is 0.338 e. The fourth-order valence-electron chi connectivity index (χ4n) is 3.44. The zero-order chi connectivity index (χ0) is 20.3. The lowest BCUT2D eigenvalue weighted by molar-refractivity contribution is 0.0474. The summed E-state index contributed by atoms with van der Waals surface area (Å²) in [7, 11) is 1.65. The molecule has 0 N–H and O–H groups in total. The Bertz CT molecular complexity index is 1030. The van der Waals surface area contributed by atoms with Crippen molar-refractivity contribution in [3.63, 3.8) is 0 Å². The Morgan fingerprint density at radius 3 is 2.54 bits per heavy atom. The van der Waals surface area contributed by atoms with Crippen LogP contribution >= 0.6 is 0 Å². The molecule has 2 heterocycles. The molecule has 1 unspecified atom stereocenters. The number of benzene rings is 1. The van der Waals surface area contributed by atoms with Crippen molar-refractivity contribution >= 4 is 22.8 Å². The molecule has 7 heteroatoms. The van der Waals surface area contributed by atoms with Gasteiger partial charge in [0.1, 0.15) is 0 Å². The van der Waals surface area contributed by atoms with E-state index in [-0.39, 0.29) is 18.4 Å². The molecule has 1 atom stereocenters. The smallest absolute Gasteiger partial charge is 0.338 e. The van der Waals surface area contributed by atoms with Crippen LogP contribution in [0.5, 0.6) is 0 Å². The van der Waals surface area contributed by atoms with Crippen LogP contribution in [0.25, 0.3) is 11.0 Å². The minimum absolute atomic E-state index is 0.104. The third-order valence-corrected chi connectivity index (χ3v) is 4.67. The lowest BCUT2D eigenvalue weighted by Gasteiger charge is -2.17. The number of aryl methyl sites for hydroxylation is 1. The van der Waals surface area contributed by atoms with Crippen LogP contribution in [0.15, 0.2) is 36.7 Å². The summed E-state index contributed by atoms with van der Waals surface area (Å²) in [5.74, 6) is -0.805. The summed E-state index contributed by atoms with van der Waals surface area (Å²) >= 11 is 0. The Labute approximate surface area is 163 Å². The Morgan fingerprint density at radius 2 is 1.82 bits per heavy atom. The van der Waals surface area contributed by atoms with Crippen molar-refractivity contribution in [3.8, 4) is 0 Å². The number of methoxy groups -OCH3 is 1. The van der Waals surface area contributed by atoms with Crippen LogP contribution in [-0.2, 0) is 9.47 Å². The molecule has 2 aromatic heterocycles.